The van der Waals surface area contributed by atoms with Crippen LogP contribution >= 0.6 is 59.3 Å². The van der Waals surface area contributed by atoms with Gasteiger partial charge in [0.15, 0.2) is 35.0 Å². The molecular weight excluding hydrogens is 1550 g/mol. The van der Waals surface area contributed by atoms with Gasteiger partial charge in [-0.05, 0) is 35.1 Å². The number of ketones is 2. The van der Waals surface area contributed by atoms with Crippen molar-refractivity contribution < 1.29 is 82.6 Å². The van der Waals surface area contributed by atoms with Crippen molar-refractivity contribution in [1.82, 2.24) is 50.9 Å². The summed E-state index contributed by atoms with van der Waals surface area (Å²) in [7, 11) is 3.53. The number of nitrogens with two attached hydrogens (primary N) is 1. The van der Waals surface area contributed by atoms with Crippen LogP contribution in [-0.4, -0.2) is 172 Å². The third-order valence-corrected chi connectivity index (χ3v) is 18.1. The topological polar surface area (TPSA) is 445 Å². The number of hydrogen-bond donors (Lipinski definition) is 8. The first kappa shape index (κ1) is 87.5. The molecule has 34 heteroatoms. The van der Waals surface area contributed by atoms with E-state index in [0.29, 0.717) is 34.8 Å². The van der Waals surface area contributed by atoms with E-state index in [9.17, 15) is 58.2 Å². The number of amides is 3. The average Bonchev–Trinajstić information content (AvgIpc) is 1.73. The summed E-state index contributed by atoms with van der Waals surface area (Å²) in [6.45, 7) is 0. The fourth-order valence-corrected chi connectivity index (χ4v) is 12.6. The first-order chi connectivity index (χ1) is 54.2. The number of nitrogens with one attached hydrogen (secondary N) is 3. The molecule has 0 saturated heterocycles. The molecule has 0 spiro atoms. The SMILES string of the molecule is COC(=O)C(=O)C(Cc1ccccc1)NC(=O)c1nsnc1-c1ccccc1.COC(=O)C(O)C(Cc1ccccc1)NC(=O)c1nsnc1-c1ccccc1.COC(=O)C(O)C(N)Cc1ccccc1.Cl.O=C(O)C(=O)C(Cc1ccccc1)NC(=O)c1nsnc1-c1ccccc1.O=C(O)c1nsnc1-c1ccccc1. The number of aliphatic hydroxyl groups is 2. The molecule has 12 aromatic rings. The first-order valence-corrected chi connectivity index (χ1v) is 36.6. The number of ether oxygens (including phenoxy) is 3. The van der Waals surface area contributed by atoms with Gasteiger partial charge in [0.25, 0.3) is 29.3 Å². The summed E-state index contributed by atoms with van der Waals surface area (Å²) in [4.78, 5) is 119. The second-order valence-corrected chi connectivity index (χ2v) is 25.7. The lowest BCUT2D eigenvalue weighted by Gasteiger charge is -2.22. The summed E-state index contributed by atoms with van der Waals surface area (Å²) < 4.78 is 46.0. The van der Waals surface area contributed by atoms with Crippen LogP contribution in [0.15, 0.2) is 243 Å². The summed E-state index contributed by atoms with van der Waals surface area (Å²) in [6.07, 6.45) is -1.87. The maximum absolute atomic E-state index is 12.8. The zero-order valence-electron chi connectivity index (χ0n) is 60.2. The Labute approximate surface area is 669 Å². The van der Waals surface area contributed by atoms with Gasteiger partial charge in [-0.1, -0.05) is 243 Å². The number of hydrogen-bond acceptors (Lipinski definition) is 28. The number of halogens is 1. The van der Waals surface area contributed by atoms with Crippen LogP contribution in [0.1, 0.15) is 64.2 Å². The van der Waals surface area contributed by atoms with Gasteiger partial charge in [-0.3, -0.25) is 24.0 Å². The summed E-state index contributed by atoms with van der Waals surface area (Å²) in [5.41, 5.74) is 14.0. The number of aromatic carboxylic acids is 1. The maximum Gasteiger partial charge on any atom is 0.376 e. The van der Waals surface area contributed by atoms with Crippen LogP contribution in [0.25, 0.3) is 45.0 Å². The van der Waals surface area contributed by atoms with Gasteiger partial charge < -0.3 is 56.3 Å². The quantitative estimate of drug-likeness (QED) is 0.0135. The Hall–Kier alpha value is -12.7. The Bertz CT molecular complexity index is 5050. The molecule has 113 heavy (non-hydrogen) atoms. The highest BCUT2D eigenvalue weighted by Gasteiger charge is 2.34. The molecule has 0 aliphatic rings. The van der Waals surface area contributed by atoms with Crippen molar-refractivity contribution in [1.29, 1.82) is 0 Å². The van der Waals surface area contributed by atoms with Crippen LogP contribution in [0.2, 0.25) is 0 Å². The zero-order valence-corrected chi connectivity index (χ0v) is 64.3. The minimum atomic E-state index is -1.60. The van der Waals surface area contributed by atoms with E-state index in [1.165, 1.54) is 14.2 Å². The van der Waals surface area contributed by atoms with Gasteiger partial charge >= 0.3 is 29.8 Å². The summed E-state index contributed by atoms with van der Waals surface area (Å²) in [6, 6.07) is 69.4. The number of carboxylic acid groups (broad SMARTS) is 2. The molecule has 0 aliphatic heterocycles. The standard InChI is InChI=1S/C20H19N3O4S.C20H17N3O4S.C19H15N3O4S.C11H15NO3.C9H6N2O2S.ClH/c2*1-27-20(26)18(24)15(12-13-8-4-2-5-9-13)21-19(25)17-16(22-28-23-17)14-10-6-3-7-11-14;23-17(19(25)26)14(11-12-7-3-1-4-8-12)20-18(24)16-15(21-27-22-16)13-9-5-2-6-10-13;1-15-11(14)10(13)9(12)7-8-5-3-2-4-6-8;12-9(13)8-7(10-14-11-8)6-4-2-1-3-5-6;/h2-11,15,18,24H,12H2,1H3,(H,21,25);2-11,15H,12H2,1H3,(H,21,25);1-10,14H,11H2,(H,20,24)(H,25,26);2-6,9-10,13H,7,12H2,1H3;1-5H,(H,12,13);1H. The first-order valence-electron chi connectivity index (χ1n) is 33.7. The number of aliphatic carboxylic acids is 1. The van der Waals surface area contributed by atoms with Gasteiger partial charge in [0.2, 0.25) is 0 Å². The zero-order chi connectivity index (χ0) is 80.3. The van der Waals surface area contributed by atoms with E-state index in [-0.39, 0.29) is 54.4 Å². The fourth-order valence-electron chi connectivity index (χ4n) is 10.4. The Balaban J connectivity index is 0.000000200. The molecule has 0 saturated carbocycles. The second-order valence-electron chi connectivity index (χ2n) is 23.6. The molecule has 9 N–H and O–H groups in total. The van der Waals surface area contributed by atoms with E-state index < -0.39 is 95.5 Å². The van der Waals surface area contributed by atoms with Gasteiger partial charge in [-0.25, -0.2) is 24.0 Å². The number of benzene rings is 8. The molecule has 0 fully saturated rings. The second kappa shape index (κ2) is 45.4. The third-order valence-electron chi connectivity index (χ3n) is 16.0. The van der Waals surface area contributed by atoms with Crippen molar-refractivity contribution in [2.24, 2.45) is 5.73 Å². The molecule has 6 unspecified atom stereocenters. The van der Waals surface area contributed by atoms with Gasteiger partial charge in [-0.15, -0.1) is 12.4 Å². The summed E-state index contributed by atoms with van der Waals surface area (Å²) in [5.74, 6) is -8.82. The Morgan fingerprint density at radius 1 is 0.354 bits per heavy atom. The Kier molecular flexibility index (Phi) is 35.2. The lowest BCUT2D eigenvalue weighted by molar-refractivity contribution is -0.152. The van der Waals surface area contributed by atoms with Gasteiger partial charge in [-0.2, -0.15) is 35.0 Å². The van der Waals surface area contributed by atoms with E-state index in [1.54, 1.807) is 36.4 Å². The lowest BCUT2D eigenvalue weighted by Crippen LogP contribution is -2.48. The predicted octanol–water partition coefficient (Wildman–Crippen LogP) is 8.98. The molecule has 8 aromatic carbocycles. The molecule has 0 bridgehead atoms. The Morgan fingerprint density at radius 3 is 0.938 bits per heavy atom. The minimum absolute atomic E-state index is 0. The van der Waals surface area contributed by atoms with Crippen molar-refractivity contribution in [2.75, 3.05) is 21.3 Å². The van der Waals surface area contributed by atoms with Gasteiger partial charge in [0.1, 0.15) is 34.9 Å². The molecule has 4 heterocycles. The highest BCUT2D eigenvalue weighted by atomic mass is 35.5. The van der Waals surface area contributed by atoms with E-state index in [1.807, 2.05) is 206 Å². The van der Waals surface area contributed by atoms with Crippen molar-refractivity contribution in [2.45, 2.75) is 62.1 Å². The molecule has 12 rings (SSSR count). The summed E-state index contributed by atoms with van der Waals surface area (Å²) >= 11 is 3.61. The molecule has 0 aliphatic carbocycles. The largest absolute Gasteiger partial charge is 0.476 e. The van der Waals surface area contributed by atoms with Crippen LogP contribution in [0.5, 0.6) is 0 Å². The number of Topliss-reactive ketones (excluding diaryl/α,β-unsaturated/α-hetero) is 2. The predicted molar refractivity (Wildman–Crippen MR) is 424 cm³/mol. The van der Waals surface area contributed by atoms with Crippen molar-refractivity contribution >= 4 is 118 Å². The maximum atomic E-state index is 12.8. The van der Waals surface area contributed by atoms with Crippen LogP contribution in [0.3, 0.4) is 0 Å². The number of esters is 3. The van der Waals surface area contributed by atoms with Crippen LogP contribution < -0.4 is 21.7 Å². The molecular formula is C79H73ClN12O17S4. The highest BCUT2D eigenvalue weighted by molar-refractivity contribution is 7.00. The Morgan fingerprint density at radius 2 is 0.628 bits per heavy atom. The van der Waals surface area contributed by atoms with E-state index >= 15 is 0 Å². The molecule has 6 atom stereocenters. The molecule has 3 amide bonds. The smallest absolute Gasteiger partial charge is 0.376 e. The highest BCUT2D eigenvalue weighted by Crippen LogP contribution is 2.26. The molecule has 29 nitrogen and oxygen atoms in total. The number of rotatable bonds is 27. The van der Waals surface area contributed by atoms with E-state index in [4.69, 9.17) is 15.9 Å². The lowest BCUT2D eigenvalue weighted by atomic mass is 10.0. The van der Waals surface area contributed by atoms with Crippen molar-refractivity contribution in [3.63, 3.8) is 0 Å². The van der Waals surface area contributed by atoms with E-state index in [0.717, 1.165) is 93.0 Å². The molecule has 4 aromatic heterocycles. The van der Waals surface area contributed by atoms with Crippen molar-refractivity contribution in [3.8, 4) is 45.0 Å². The number of carbonyl (C=O) groups is 10. The normalized spacial score (nSPS) is 11.9. The average molecular weight is 1630 g/mol. The van der Waals surface area contributed by atoms with Crippen LogP contribution in [-0.2, 0) is 68.7 Å². The number of carbonyl (C=O) groups excluding carboxylic acids is 8. The minimum Gasteiger partial charge on any atom is -0.476 e. The fraction of sp³-hybridized carbons (Fsp3) is 0.165. The van der Waals surface area contributed by atoms with Gasteiger partial charge in [0.05, 0.1) is 74.3 Å². The number of carboxylic acids is 2. The van der Waals surface area contributed by atoms with Crippen molar-refractivity contribution in [3.05, 3.63) is 288 Å². The molecule has 582 valence electrons. The third kappa shape index (κ3) is 26.2. The molecule has 0 radical (unpaired) electrons. The number of aliphatic hydroxyl groups excluding tert-OH is 2. The monoisotopic (exact) mass is 1620 g/mol. The number of nitrogens with zero attached hydrogens (tertiary/aromatic N) is 8. The number of methoxy groups -OCH3 is 3. The number of aromatic nitrogens is 8. The van der Waals surface area contributed by atoms with Crippen LogP contribution in [0, 0.1) is 0 Å². The van der Waals surface area contributed by atoms with Gasteiger partial charge in [0, 0.05) is 41.1 Å². The van der Waals surface area contributed by atoms with Crippen LogP contribution in [0.4, 0.5) is 0 Å². The summed E-state index contributed by atoms with van der Waals surface area (Å²) in [5, 5.41) is 45.5. The van der Waals surface area contributed by atoms with E-state index in [2.05, 4.69) is 65.1 Å².